The van der Waals surface area contributed by atoms with E-state index in [1.165, 1.54) is 6.08 Å². The van der Waals surface area contributed by atoms with Crippen LogP contribution < -0.4 is 5.32 Å². The molecule has 1 aliphatic rings. The van der Waals surface area contributed by atoms with Gasteiger partial charge in [-0.25, -0.2) is 4.68 Å². The molecular formula is C29H30N6O2. The van der Waals surface area contributed by atoms with Crippen molar-refractivity contribution in [2.24, 2.45) is 0 Å². The van der Waals surface area contributed by atoms with Crippen LogP contribution in [0.25, 0.3) is 22.7 Å². The zero-order chi connectivity index (χ0) is 25.8. The second-order valence-corrected chi connectivity index (χ2v) is 9.44. The molecule has 4 aromatic rings. The molecule has 1 aliphatic heterocycles. The largest absolute Gasteiger partial charge is 0.348 e. The van der Waals surface area contributed by atoms with Crippen LogP contribution in [0.15, 0.2) is 79.1 Å². The smallest absolute Gasteiger partial charge is 0.275 e. The number of para-hydroxylation sites is 1. The predicted octanol–water partition coefficient (Wildman–Crippen LogP) is 3.53. The number of carbonyl (C=O) groups is 2. The first-order chi connectivity index (χ1) is 18.0. The average Bonchev–Trinajstić information content (AvgIpc) is 3.58. The van der Waals surface area contributed by atoms with Crippen LogP contribution in [0.1, 0.15) is 28.0 Å². The van der Waals surface area contributed by atoms with Gasteiger partial charge >= 0.3 is 0 Å². The molecule has 8 heteroatoms. The molecular weight excluding hydrogens is 464 g/mol. The molecule has 37 heavy (non-hydrogen) atoms. The van der Waals surface area contributed by atoms with Gasteiger partial charge in [0.15, 0.2) is 5.69 Å². The second-order valence-electron chi connectivity index (χ2n) is 9.44. The van der Waals surface area contributed by atoms with Crippen molar-refractivity contribution in [3.8, 4) is 5.69 Å². The summed E-state index contributed by atoms with van der Waals surface area (Å²) in [6, 6.07) is 19.7. The van der Waals surface area contributed by atoms with Crippen molar-refractivity contribution >= 4 is 28.8 Å². The maximum atomic E-state index is 13.4. The van der Waals surface area contributed by atoms with E-state index in [2.05, 4.69) is 29.3 Å². The van der Waals surface area contributed by atoms with Gasteiger partial charge in [0.2, 0.25) is 5.91 Å². The highest BCUT2D eigenvalue weighted by Gasteiger charge is 2.30. The minimum atomic E-state index is -0.174. The van der Waals surface area contributed by atoms with Gasteiger partial charge in [-0.1, -0.05) is 36.4 Å². The highest BCUT2D eigenvalue weighted by atomic mass is 16.2. The van der Waals surface area contributed by atoms with Gasteiger partial charge in [-0.15, -0.1) is 0 Å². The van der Waals surface area contributed by atoms with Crippen molar-refractivity contribution in [3.05, 3.63) is 96.0 Å². The predicted molar refractivity (Wildman–Crippen MR) is 144 cm³/mol. The van der Waals surface area contributed by atoms with Crippen LogP contribution in [0, 0.1) is 0 Å². The van der Waals surface area contributed by atoms with Crippen LogP contribution in [-0.2, 0) is 11.3 Å². The molecule has 1 saturated heterocycles. The summed E-state index contributed by atoms with van der Waals surface area (Å²) in [5.41, 5.74) is 4.04. The van der Waals surface area contributed by atoms with Crippen LogP contribution >= 0.6 is 0 Å². The van der Waals surface area contributed by atoms with Crippen LogP contribution in [0.2, 0.25) is 0 Å². The Morgan fingerprint density at radius 2 is 1.89 bits per heavy atom. The monoisotopic (exact) mass is 494 g/mol. The number of aromatic nitrogens is 3. The number of carbonyl (C=O) groups excluding carboxylic acids is 2. The summed E-state index contributed by atoms with van der Waals surface area (Å²) in [6.45, 7) is 1.88. The fourth-order valence-corrected chi connectivity index (χ4v) is 4.57. The number of likely N-dealkylation sites (N-methyl/N-ethyl adjacent to an activating group) is 1. The Kier molecular flexibility index (Phi) is 7.09. The molecule has 3 heterocycles. The molecule has 1 atom stereocenters. The summed E-state index contributed by atoms with van der Waals surface area (Å²) in [6.07, 6.45) is 7.68. The van der Waals surface area contributed by atoms with Gasteiger partial charge in [0.25, 0.3) is 5.91 Å². The van der Waals surface area contributed by atoms with Gasteiger partial charge < -0.3 is 15.1 Å². The standard InChI is InChI=1S/C29H30N6O2/c1-33(2)24-15-17-34(20-24)29(37)28-25-7-3-4-8-26(25)35(32-28)23-12-9-21(10-13-23)11-14-27(36)31-19-22-6-5-16-30-18-22/h3-14,16,18,24H,15,17,19-20H2,1-2H3,(H,31,36)/b14-11+. The third kappa shape index (κ3) is 5.44. The molecule has 0 radical (unpaired) electrons. The quantitative estimate of drug-likeness (QED) is 0.398. The zero-order valence-electron chi connectivity index (χ0n) is 21.0. The zero-order valence-corrected chi connectivity index (χ0v) is 21.0. The Labute approximate surface area is 216 Å². The molecule has 2 aromatic carbocycles. The lowest BCUT2D eigenvalue weighted by Gasteiger charge is -2.19. The van der Waals surface area contributed by atoms with E-state index < -0.39 is 0 Å². The summed E-state index contributed by atoms with van der Waals surface area (Å²) < 4.78 is 1.82. The third-order valence-corrected chi connectivity index (χ3v) is 6.73. The van der Waals surface area contributed by atoms with E-state index in [1.54, 1.807) is 18.5 Å². The Balaban J connectivity index is 1.31. The molecule has 0 bridgehead atoms. The van der Waals surface area contributed by atoms with Crippen molar-refractivity contribution in [1.29, 1.82) is 0 Å². The van der Waals surface area contributed by atoms with Crippen molar-refractivity contribution in [1.82, 2.24) is 29.9 Å². The Hall–Kier alpha value is -4.30. The highest BCUT2D eigenvalue weighted by molar-refractivity contribution is 6.05. The first-order valence-corrected chi connectivity index (χ1v) is 12.4. The SMILES string of the molecule is CN(C)C1CCN(C(=O)c2nn(-c3ccc(/C=C/C(=O)NCc4cccnc4)cc3)c3ccccc23)C1. The lowest BCUT2D eigenvalue weighted by atomic mass is 10.1. The van der Waals surface area contributed by atoms with E-state index >= 15 is 0 Å². The molecule has 0 spiro atoms. The topological polar surface area (TPSA) is 83.4 Å². The highest BCUT2D eigenvalue weighted by Crippen LogP contribution is 2.25. The van der Waals surface area contributed by atoms with Crippen LogP contribution in [0.5, 0.6) is 0 Å². The van der Waals surface area contributed by atoms with E-state index in [-0.39, 0.29) is 11.8 Å². The molecule has 1 unspecified atom stereocenters. The number of benzene rings is 2. The second kappa shape index (κ2) is 10.8. The molecule has 8 nitrogen and oxygen atoms in total. The number of fused-ring (bicyclic) bond motifs is 1. The number of pyridine rings is 1. The van der Waals surface area contributed by atoms with Gasteiger partial charge in [-0.2, -0.15) is 5.10 Å². The number of nitrogens with zero attached hydrogens (tertiary/aromatic N) is 5. The molecule has 1 N–H and O–H groups in total. The molecule has 2 amide bonds. The lowest BCUT2D eigenvalue weighted by Crippen LogP contribution is -2.34. The fraction of sp³-hybridized carbons (Fsp3) is 0.241. The van der Waals surface area contributed by atoms with E-state index in [0.29, 0.717) is 24.8 Å². The van der Waals surface area contributed by atoms with Crippen LogP contribution in [-0.4, -0.2) is 69.6 Å². The number of amides is 2. The van der Waals surface area contributed by atoms with Gasteiger partial charge in [0, 0.05) is 49.5 Å². The first kappa shape index (κ1) is 24.4. The summed E-state index contributed by atoms with van der Waals surface area (Å²) >= 11 is 0. The Bertz CT molecular complexity index is 1430. The Morgan fingerprint density at radius 3 is 2.62 bits per heavy atom. The van der Waals surface area contributed by atoms with E-state index in [0.717, 1.165) is 40.7 Å². The van der Waals surface area contributed by atoms with Crippen molar-refractivity contribution in [3.63, 3.8) is 0 Å². The maximum absolute atomic E-state index is 13.4. The van der Waals surface area contributed by atoms with Gasteiger partial charge in [0.05, 0.1) is 11.2 Å². The van der Waals surface area contributed by atoms with Crippen LogP contribution in [0.3, 0.4) is 0 Å². The van der Waals surface area contributed by atoms with Crippen molar-refractivity contribution < 1.29 is 9.59 Å². The number of likely N-dealkylation sites (tertiary alicyclic amines) is 1. The minimum Gasteiger partial charge on any atom is -0.348 e. The van der Waals surface area contributed by atoms with Crippen molar-refractivity contribution in [2.75, 3.05) is 27.2 Å². The van der Waals surface area contributed by atoms with Gasteiger partial charge in [0.1, 0.15) is 0 Å². The fourth-order valence-electron chi connectivity index (χ4n) is 4.57. The summed E-state index contributed by atoms with van der Waals surface area (Å²) in [5, 5.41) is 8.45. The summed E-state index contributed by atoms with van der Waals surface area (Å²) in [5.74, 6) is -0.205. The minimum absolute atomic E-state index is 0.0313. The first-order valence-electron chi connectivity index (χ1n) is 12.4. The summed E-state index contributed by atoms with van der Waals surface area (Å²) in [7, 11) is 4.10. The lowest BCUT2D eigenvalue weighted by molar-refractivity contribution is -0.116. The molecule has 5 rings (SSSR count). The normalized spacial score (nSPS) is 15.6. The molecule has 0 saturated carbocycles. The molecule has 2 aromatic heterocycles. The average molecular weight is 495 g/mol. The Morgan fingerprint density at radius 1 is 1.08 bits per heavy atom. The number of nitrogens with one attached hydrogen (secondary N) is 1. The van der Waals surface area contributed by atoms with E-state index in [1.807, 2.05) is 70.2 Å². The molecule has 188 valence electrons. The molecule has 0 aliphatic carbocycles. The van der Waals surface area contributed by atoms with E-state index in [9.17, 15) is 9.59 Å². The number of hydrogen-bond donors (Lipinski definition) is 1. The van der Waals surface area contributed by atoms with E-state index in [4.69, 9.17) is 5.10 Å². The number of rotatable bonds is 7. The van der Waals surface area contributed by atoms with Crippen molar-refractivity contribution in [2.45, 2.75) is 19.0 Å². The number of hydrogen-bond acceptors (Lipinski definition) is 5. The van der Waals surface area contributed by atoms with Gasteiger partial charge in [-0.05, 0) is 62.0 Å². The van der Waals surface area contributed by atoms with Crippen LogP contribution in [0.4, 0.5) is 0 Å². The summed E-state index contributed by atoms with van der Waals surface area (Å²) in [4.78, 5) is 33.7. The third-order valence-electron chi connectivity index (χ3n) is 6.73. The molecule has 1 fully saturated rings. The van der Waals surface area contributed by atoms with Gasteiger partial charge in [-0.3, -0.25) is 14.6 Å². The maximum Gasteiger partial charge on any atom is 0.275 e.